The van der Waals surface area contributed by atoms with Crippen LogP contribution in [0, 0.1) is 17.3 Å². The SMILES string of the molecule is CCCC1CCN(C(=O)C2(C(C)C)CCNC2)C1. The lowest BCUT2D eigenvalue weighted by Gasteiger charge is -2.35. The molecule has 2 aliphatic heterocycles. The molecule has 0 aliphatic carbocycles. The normalized spacial score (nSPS) is 32.4. The summed E-state index contributed by atoms with van der Waals surface area (Å²) in [5.74, 6) is 1.60. The van der Waals surface area contributed by atoms with Gasteiger partial charge in [-0.25, -0.2) is 0 Å². The number of carbonyl (C=O) groups excluding carboxylic acids is 1. The van der Waals surface area contributed by atoms with E-state index in [4.69, 9.17) is 0 Å². The molecule has 2 rings (SSSR count). The van der Waals surface area contributed by atoms with Gasteiger partial charge in [0.25, 0.3) is 0 Å². The number of hydrogen-bond acceptors (Lipinski definition) is 2. The van der Waals surface area contributed by atoms with E-state index in [0.717, 1.165) is 38.5 Å². The van der Waals surface area contributed by atoms with Gasteiger partial charge >= 0.3 is 0 Å². The Hall–Kier alpha value is -0.570. The van der Waals surface area contributed by atoms with Crippen LogP contribution >= 0.6 is 0 Å². The number of hydrogen-bond donors (Lipinski definition) is 1. The molecule has 2 saturated heterocycles. The summed E-state index contributed by atoms with van der Waals surface area (Å²) in [4.78, 5) is 15.0. The van der Waals surface area contributed by atoms with Crippen molar-refractivity contribution in [3.63, 3.8) is 0 Å². The van der Waals surface area contributed by atoms with E-state index in [-0.39, 0.29) is 5.41 Å². The van der Waals surface area contributed by atoms with Gasteiger partial charge in [-0.15, -0.1) is 0 Å². The molecule has 3 nitrogen and oxygen atoms in total. The molecule has 18 heavy (non-hydrogen) atoms. The van der Waals surface area contributed by atoms with Gasteiger partial charge < -0.3 is 10.2 Å². The van der Waals surface area contributed by atoms with Crippen LogP contribution in [0.15, 0.2) is 0 Å². The Bertz CT molecular complexity index is 295. The number of carbonyl (C=O) groups is 1. The predicted molar refractivity (Wildman–Crippen MR) is 74.4 cm³/mol. The lowest BCUT2D eigenvalue weighted by Crippen LogP contribution is -2.47. The molecule has 2 aliphatic rings. The molecule has 0 aromatic heterocycles. The van der Waals surface area contributed by atoms with E-state index in [9.17, 15) is 4.79 Å². The van der Waals surface area contributed by atoms with Gasteiger partial charge in [0.15, 0.2) is 0 Å². The third-order valence-electron chi connectivity index (χ3n) is 4.99. The van der Waals surface area contributed by atoms with Crippen LogP contribution in [-0.2, 0) is 4.79 Å². The van der Waals surface area contributed by atoms with Crippen LogP contribution in [0.3, 0.4) is 0 Å². The Morgan fingerprint density at radius 1 is 1.50 bits per heavy atom. The number of nitrogens with one attached hydrogen (secondary N) is 1. The first-order valence-corrected chi connectivity index (χ1v) is 7.60. The summed E-state index contributed by atoms with van der Waals surface area (Å²) in [6.45, 7) is 10.5. The molecule has 2 atom stereocenters. The molecule has 1 amide bonds. The van der Waals surface area contributed by atoms with Crippen molar-refractivity contribution in [2.45, 2.75) is 46.5 Å². The molecule has 2 unspecified atom stereocenters. The van der Waals surface area contributed by atoms with Crippen LogP contribution in [0.2, 0.25) is 0 Å². The number of likely N-dealkylation sites (tertiary alicyclic amines) is 1. The highest BCUT2D eigenvalue weighted by atomic mass is 16.2. The Kier molecular flexibility index (Phi) is 4.31. The van der Waals surface area contributed by atoms with E-state index in [1.54, 1.807) is 0 Å². The molecule has 0 aromatic rings. The van der Waals surface area contributed by atoms with Crippen molar-refractivity contribution >= 4 is 5.91 Å². The summed E-state index contributed by atoms with van der Waals surface area (Å²) in [7, 11) is 0. The van der Waals surface area contributed by atoms with Crippen molar-refractivity contribution in [1.29, 1.82) is 0 Å². The first kappa shape index (κ1) is 13.9. The fourth-order valence-corrected chi connectivity index (χ4v) is 3.61. The van der Waals surface area contributed by atoms with Gasteiger partial charge in [-0.1, -0.05) is 27.2 Å². The first-order valence-electron chi connectivity index (χ1n) is 7.60. The molecule has 0 radical (unpaired) electrons. The quantitative estimate of drug-likeness (QED) is 0.832. The lowest BCUT2D eigenvalue weighted by atomic mass is 9.75. The van der Waals surface area contributed by atoms with E-state index < -0.39 is 0 Å². The number of nitrogens with zero attached hydrogens (tertiary/aromatic N) is 1. The Morgan fingerprint density at radius 2 is 2.28 bits per heavy atom. The Labute approximate surface area is 111 Å². The van der Waals surface area contributed by atoms with Crippen LogP contribution in [-0.4, -0.2) is 37.0 Å². The zero-order valence-corrected chi connectivity index (χ0v) is 12.2. The fraction of sp³-hybridized carbons (Fsp3) is 0.933. The van der Waals surface area contributed by atoms with Gasteiger partial charge in [0, 0.05) is 19.6 Å². The van der Waals surface area contributed by atoms with Crippen LogP contribution in [0.5, 0.6) is 0 Å². The van der Waals surface area contributed by atoms with Gasteiger partial charge in [0.2, 0.25) is 5.91 Å². The van der Waals surface area contributed by atoms with Crippen LogP contribution in [0.4, 0.5) is 0 Å². The average Bonchev–Trinajstić information content (AvgIpc) is 2.97. The van der Waals surface area contributed by atoms with Gasteiger partial charge in [-0.2, -0.15) is 0 Å². The second-order valence-electron chi connectivity index (χ2n) is 6.43. The molecule has 0 aromatic carbocycles. The molecule has 3 heteroatoms. The predicted octanol–water partition coefficient (Wildman–Crippen LogP) is 2.27. The zero-order chi connectivity index (χ0) is 13.2. The standard InChI is InChI=1S/C15H28N2O/c1-4-5-13-6-9-17(10-13)14(18)15(12(2)3)7-8-16-11-15/h12-13,16H,4-11H2,1-3H3. The molecular weight excluding hydrogens is 224 g/mol. The van der Waals surface area contributed by atoms with E-state index in [1.165, 1.54) is 19.3 Å². The van der Waals surface area contributed by atoms with Crippen LogP contribution in [0.1, 0.15) is 46.5 Å². The highest BCUT2D eigenvalue weighted by Crippen LogP contribution is 2.37. The third kappa shape index (κ3) is 2.42. The molecule has 0 saturated carbocycles. The number of rotatable bonds is 4. The fourth-order valence-electron chi connectivity index (χ4n) is 3.61. The van der Waals surface area contributed by atoms with Crippen molar-refractivity contribution in [2.24, 2.45) is 17.3 Å². The smallest absolute Gasteiger partial charge is 0.230 e. The highest BCUT2D eigenvalue weighted by molar-refractivity contribution is 5.84. The molecule has 104 valence electrons. The van der Waals surface area contributed by atoms with Gasteiger partial charge in [0.05, 0.1) is 5.41 Å². The summed E-state index contributed by atoms with van der Waals surface area (Å²) in [5, 5.41) is 3.39. The minimum Gasteiger partial charge on any atom is -0.342 e. The second kappa shape index (κ2) is 5.60. The molecule has 2 heterocycles. The summed E-state index contributed by atoms with van der Waals surface area (Å²) < 4.78 is 0. The monoisotopic (exact) mass is 252 g/mol. The van der Waals surface area contributed by atoms with Crippen LogP contribution < -0.4 is 5.32 Å². The molecular formula is C15H28N2O. The topological polar surface area (TPSA) is 32.3 Å². The second-order valence-corrected chi connectivity index (χ2v) is 6.43. The van der Waals surface area contributed by atoms with Crippen molar-refractivity contribution < 1.29 is 4.79 Å². The third-order valence-corrected chi connectivity index (χ3v) is 4.99. The molecule has 2 fully saturated rings. The zero-order valence-electron chi connectivity index (χ0n) is 12.2. The minimum absolute atomic E-state index is 0.124. The van der Waals surface area contributed by atoms with Crippen molar-refractivity contribution in [3.05, 3.63) is 0 Å². The van der Waals surface area contributed by atoms with E-state index in [0.29, 0.717) is 11.8 Å². The lowest BCUT2D eigenvalue weighted by molar-refractivity contribution is -0.142. The minimum atomic E-state index is -0.124. The van der Waals surface area contributed by atoms with Gasteiger partial charge in [0.1, 0.15) is 0 Å². The molecule has 0 bridgehead atoms. The largest absolute Gasteiger partial charge is 0.342 e. The highest BCUT2D eigenvalue weighted by Gasteiger charge is 2.47. The Morgan fingerprint density at radius 3 is 2.83 bits per heavy atom. The van der Waals surface area contributed by atoms with E-state index in [1.807, 2.05) is 0 Å². The van der Waals surface area contributed by atoms with Gasteiger partial charge in [-0.3, -0.25) is 4.79 Å². The molecule has 0 spiro atoms. The first-order chi connectivity index (χ1) is 8.60. The maximum atomic E-state index is 12.8. The van der Waals surface area contributed by atoms with E-state index >= 15 is 0 Å². The summed E-state index contributed by atoms with van der Waals surface area (Å²) in [6, 6.07) is 0. The maximum Gasteiger partial charge on any atom is 0.230 e. The summed E-state index contributed by atoms with van der Waals surface area (Å²) in [5.41, 5.74) is -0.124. The summed E-state index contributed by atoms with van der Waals surface area (Å²) in [6.07, 6.45) is 4.74. The van der Waals surface area contributed by atoms with Gasteiger partial charge in [-0.05, 0) is 37.6 Å². The van der Waals surface area contributed by atoms with Crippen molar-refractivity contribution in [1.82, 2.24) is 10.2 Å². The average molecular weight is 252 g/mol. The van der Waals surface area contributed by atoms with Crippen molar-refractivity contribution in [3.8, 4) is 0 Å². The number of amides is 1. The van der Waals surface area contributed by atoms with Crippen molar-refractivity contribution in [2.75, 3.05) is 26.2 Å². The molecule has 1 N–H and O–H groups in total. The Balaban J connectivity index is 2.02. The summed E-state index contributed by atoms with van der Waals surface area (Å²) >= 11 is 0. The maximum absolute atomic E-state index is 12.8. The van der Waals surface area contributed by atoms with Crippen LogP contribution in [0.25, 0.3) is 0 Å². The van der Waals surface area contributed by atoms with E-state index in [2.05, 4.69) is 31.0 Å².